The molecule has 0 saturated carbocycles. The van der Waals surface area contributed by atoms with Gasteiger partial charge in [-0.2, -0.15) is 0 Å². The number of ether oxygens (including phenoxy) is 2. The highest BCUT2D eigenvalue weighted by Crippen LogP contribution is 2.32. The van der Waals surface area contributed by atoms with Crippen LogP contribution in [-0.4, -0.2) is 47.1 Å². The van der Waals surface area contributed by atoms with Crippen molar-refractivity contribution in [2.45, 2.75) is 25.8 Å². The maximum absolute atomic E-state index is 12.5. The molecule has 2 amide bonds. The Bertz CT molecular complexity index is 1230. The number of hydrogen-bond donors (Lipinski definition) is 3. The van der Waals surface area contributed by atoms with E-state index in [-0.39, 0.29) is 17.2 Å². The molecule has 0 aliphatic heterocycles. The van der Waals surface area contributed by atoms with Crippen LogP contribution in [0.5, 0.6) is 11.5 Å². The van der Waals surface area contributed by atoms with Crippen molar-refractivity contribution in [3.63, 3.8) is 0 Å². The lowest BCUT2D eigenvalue weighted by Crippen LogP contribution is -2.48. The van der Waals surface area contributed by atoms with Crippen molar-refractivity contribution in [3.05, 3.63) is 59.6 Å². The first-order valence-electron chi connectivity index (χ1n) is 10.5. The normalized spacial score (nSPS) is 11.0. The Balaban J connectivity index is 1.54. The predicted octanol–water partition coefficient (Wildman–Crippen LogP) is 4.00. The van der Waals surface area contributed by atoms with Crippen LogP contribution in [-0.2, 0) is 9.59 Å². The number of aromatic nitrogens is 1. The molecule has 0 aliphatic rings. The minimum Gasteiger partial charge on any atom is -0.496 e. The third-order valence-corrected chi connectivity index (χ3v) is 5.29. The van der Waals surface area contributed by atoms with Gasteiger partial charge < -0.3 is 29.6 Å². The number of hydrogen-bond acceptors (Lipinski definition) is 7. The first-order valence-corrected chi connectivity index (χ1v) is 10.8. The molecule has 3 rings (SSSR count). The van der Waals surface area contributed by atoms with Gasteiger partial charge in [-0.05, 0) is 44.2 Å². The molecule has 184 valence electrons. The van der Waals surface area contributed by atoms with Crippen LogP contribution >= 0.6 is 11.6 Å². The van der Waals surface area contributed by atoms with Gasteiger partial charge in [-0.15, -0.1) is 0 Å². The molecule has 0 radical (unpaired) electrons. The number of nitrogens with one attached hydrogen (secondary N) is 2. The highest BCUT2D eigenvalue weighted by atomic mass is 35.5. The number of carboxylic acid groups (broad SMARTS) is 1. The van der Waals surface area contributed by atoms with Crippen molar-refractivity contribution < 1.29 is 33.4 Å². The Morgan fingerprint density at radius 1 is 1.14 bits per heavy atom. The van der Waals surface area contributed by atoms with Gasteiger partial charge in [-0.25, -0.2) is 9.78 Å². The highest BCUT2D eigenvalue weighted by Gasteiger charge is 2.25. The summed E-state index contributed by atoms with van der Waals surface area (Å²) in [6.07, 6.45) is 3.20. The molecule has 1 aromatic heterocycles. The van der Waals surface area contributed by atoms with E-state index >= 15 is 0 Å². The molecule has 2 aromatic carbocycles. The number of carbonyl (C=O) groups excluding carboxylic acids is 2. The van der Waals surface area contributed by atoms with E-state index in [1.54, 1.807) is 32.0 Å². The van der Waals surface area contributed by atoms with E-state index in [9.17, 15) is 14.4 Å². The minimum atomic E-state index is -1.13. The van der Waals surface area contributed by atoms with Gasteiger partial charge in [-0.3, -0.25) is 9.59 Å². The molecule has 0 aliphatic carbocycles. The first kappa shape index (κ1) is 25.6. The van der Waals surface area contributed by atoms with E-state index in [2.05, 4.69) is 15.6 Å². The monoisotopic (exact) mass is 501 g/mol. The summed E-state index contributed by atoms with van der Waals surface area (Å²) < 4.78 is 16.2. The minimum absolute atomic E-state index is 0.0251. The summed E-state index contributed by atoms with van der Waals surface area (Å²) in [4.78, 5) is 39.8. The van der Waals surface area contributed by atoms with Gasteiger partial charge in [0.15, 0.2) is 12.2 Å². The molecule has 3 N–H and O–H groups in total. The molecule has 0 spiro atoms. The van der Waals surface area contributed by atoms with Gasteiger partial charge in [0.2, 0.25) is 0 Å². The Morgan fingerprint density at radius 3 is 2.54 bits per heavy atom. The lowest BCUT2D eigenvalue weighted by atomic mass is 10.0. The van der Waals surface area contributed by atoms with Crippen molar-refractivity contribution in [3.8, 4) is 22.8 Å². The van der Waals surface area contributed by atoms with Crippen molar-refractivity contribution in [2.75, 3.05) is 19.0 Å². The lowest BCUT2D eigenvalue weighted by Gasteiger charge is -2.26. The average Bonchev–Trinajstić information content (AvgIpc) is 3.33. The maximum Gasteiger partial charge on any atom is 0.337 e. The summed E-state index contributed by atoms with van der Waals surface area (Å²) in [7, 11) is 1.48. The Kier molecular flexibility index (Phi) is 7.98. The number of rotatable bonds is 9. The average molecular weight is 502 g/mol. The summed E-state index contributed by atoms with van der Waals surface area (Å²) in [5, 5.41) is 14.3. The SMILES string of the molecule is COc1cc(NC(=O)C(=O)NC(C)(C)CCOc2ccc(C(=O)O)c(Cl)c2)ccc1-c1cnco1. The number of halogens is 1. The molecular weight excluding hydrogens is 478 g/mol. The number of aromatic carboxylic acids is 1. The van der Waals surface area contributed by atoms with Crippen LogP contribution in [0.4, 0.5) is 5.69 Å². The molecular formula is C24H24ClN3O7. The fraction of sp³-hybridized carbons (Fsp3) is 0.250. The van der Waals surface area contributed by atoms with Crippen LogP contribution in [0.1, 0.15) is 30.6 Å². The van der Waals surface area contributed by atoms with Gasteiger partial charge in [0, 0.05) is 23.7 Å². The number of benzene rings is 2. The molecule has 1 heterocycles. The Labute approximate surface area is 206 Å². The summed E-state index contributed by atoms with van der Waals surface area (Å²) in [5.41, 5.74) is 0.219. The number of amides is 2. The van der Waals surface area contributed by atoms with E-state index < -0.39 is 23.3 Å². The van der Waals surface area contributed by atoms with Gasteiger partial charge in [0.05, 0.1) is 36.1 Å². The van der Waals surface area contributed by atoms with E-state index in [0.717, 1.165) is 0 Å². The van der Waals surface area contributed by atoms with Crippen molar-refractivity contribution in [1.29, 1.82) is 0 Å². The van der Waals surface area contributed by atoms with Gasteiger partial charge in [0.25, 0.3) is 0 Å². The topological polar surface area (TPSA) is 140 Å². The summed E-state index contributed by atoms with van der Waals surface area (Å²) in [5.74, 6) is -1.46. The number of anilines is 1. The molecule has 11 heteroatoms. The van der Waals surface area contributed by atoms with Crippen LogP contribution in [0.15, 0.2) is 53.4 Å². The number of methoxy groups -OCH3 is 1. The molecule has 0 atom stereocenters. The zero-order valence-corrected chi connectivity index (χ0v) is 20.0. The maximum atomic E-state index is 12.5. The molecule has 0 bridgehead atoms. The predicted molar refractivity (Wildman–Crippen MR) is 128 cm³/mol. The second kappa shape index (κ2) is 10.9. The van der Waals surface area contributed by atoms with Crippen LogP contribution in [0.2, 0.25) is 5.02 Å². The zero-order valence-electron chi connectivity index (χ0n) is 19.3. The Morgan fingerprint density at radius 2 is 1.91 bits per heavy atom. The number of carbonyl (C=O) groups is 3. The molecule has 0 saturated heterocycles. The number of carboxylic acids is 1. The highest BCUT2D eigenvalue weighted by molar-refractivity contribution is 6.39. The quantitative estimate of drug-likeness (QED) is 0.374. The lowest BCUT2D eigenvalue weighted by molar-refractivity contribution is -0.137. The van der Waals surface area contributed by atoms with Crippen LogP contribution in [0.3, 0.4) is 0 Å². The molecule has 0 unspecified atom stereocenters. The van der Waals surface area contributed by atoms with Gasteiger partial charge >= 0.3 is 17.8 Å². The fourth-order valence-electron chi connectivity index (χ4n) is 3.12. The third-order valence-electron chi connectivity index (χ3n) is 4.98. The van der Waals surface area contributed by atoms with E-state index in [4.69, 9.17) is 30.6 Å². The fourth-order valence-corrected chi connectivity index (χ4v) is 3.37. The smallest absolute Gasteiger partial charge is 0.337 e. The molecule has 0 fully saturated rings. The zero-order chi connectivity index (χ0) is 25.6. The summed E-state index contributed by atoms with van der Waals surface area (Å²) in [6.45, 7) is 3.69. The Hall–Kier alpha value is -4.05. The first-order chi connectivity index (χ1) is 16.6. The van der Waals surface area contributed by atoms with Crippen LogP contribution < -0.4 is 20.1 Å². The summed E-state index contributed by atoms with van der Waals surface area (Å²) in [6, 6.07) is 9.13. The molecule has 3 aromatic rings. The van der Waals surface area contributed by atoms with Crippen molar-refractivity contribution >= 4 is 35.1 Å². The molecule has 35 heavy (non-hydrogen) atoms. The van der Waals surface area contributed by atoms with Crippen LogP contribution in [0, 0.1) is 0 Å². The van der Waals surface area contributed by atoms with E-state index in [1.165, 1.54) is 37.9 Å². The van der Waals surface area contributed by atoms with Crippen molar-refractivity contribution in [1.82, 2.24) is 10.3 Å². The van der Waals surface area contributed by atoms with E-state index in [1.807, 2.05) is 0 Å². The number of nitrogens with zero attached hydrogens (tertiary/aromatic N) is 1. The summed E-state index contributed by atoms with van der Waals surface area (Å²) >= 11 is 5.94. The van der Waals surface area contributed by atoms with Gasteiger partial charge in [-0.1, -0.05) is 11.6 Å². The largest absolute Gasteiger partial charge is 0.496 e. The van der Waals surface area contributed by atoms with E-state index in [0.29, 0.717) is 34.9 Å². The van der Waals surface area contributed by atoms with Crippen LogP contribution in [0.25, 0.3) is 11.3 Å². The second-order valence-corrected chi connectivity index (χ2v) is 8.53. The van der Waals surface area contributed by atoms with Crippen molar-refractivity contribution in [2.24, 2.45) is 0 Å². The molecule has 10 nitrogen and oxygen atoms in total. The number of oxazole rings is 1. The standard InChI is InChI=1S/C24H24ClN3O7/c1-24(2,8-9-34-15-5-7-16(23(31)32)18(25)11-15)28-22(30)21(29)27-14-4-6-17(19(10-14)33-3)20-12-26-13-35-20/h4-7,10-13H,8-9H2,1-3H3,(H,27,29)(H,28,30)(H,31,32). The second-order valence-electron chi connectivity index (χ2n) is 8.12. The third kappa shape index (κ3) is 6.73. The van der Waals surface area contributed by atoms with Gasteiger partial charge in [0.1, 0.15) is 11.5 Å².